The Balaban J connectivity index is 1.76. The first-order valence-corrected chi connectivity index (χ1v) is 10.4. The van der Waals surface area contributed by atoms with Crippen LogP contribution in [-0.4, -0.2) is 17.3 Å². The van der Waals surface area contributed by atoms with E-state index in [1.54, 1.807) is 0 Å². The molecule has 0 spiro atoms. The Bertz CT molecular complexity index is 487. The first-order chi connectivity index (χ1) is 12.7. The Morgan fingerprint density at radius 3 is 1.69 bits per heavy atom. The molecule has 0 radical (unpaired) electrons. The van der Waals surface area contributed by atoms with E-state index in [4.69, 9.17) is 0 Å². The smallest absolute Gasteiger partial charge is 0.261 e. The molecule has 4 nitrogen and oxygen atoms in total. The van der Waals surface area contributed by atoms with Crippen LogP contribution in [0.15, 0.2) is 30.3 Å². The van der Waals surface area contributed by atoms with Crippen molar-refractivity contribution in [2.45, 2.75) is 89.9 Å². The summed E-state index contributed by atoms with van der Waals surface area (Å²) in [5, 5.41) is 10.2. The number of unbranched alkanes of at least 4 members (excludes halogenated alkanes) is 11. The van der Waals surface area contributed by atoms with Crippen molar-refractivity contribution in [3.63, 3.8) is 0 Å². The highest BCUT2D eigenvalue weighted by Gasteiger charge is 2.08. The zero-order valence-electron chi connectivity index (χ0n) is 16.2. The highest BCUT2D eigenvalue weighted by Crippen LogP contribution is 2.13. The van der Waals surface area contributed by atoms with Crippen LogP contribution in [0.1, 0.15) is 89.0 Å². The molecule has 0 fully saturated rings. The highest BCUT2D eigenvalue weighted by atomic mass is 16.6. The van der Waals surface area contributed by atoms with Gasteiger partial charge >= 0.3 is 0 Å². The lowest BCUT2D eigenvalue weighted by atomic mass is 10.0. The average molecular weight is 362 g/mol. The summed E-state index contributed by atoms with van der Waals surface area (Å²) in [7, 11) is 0. The van der Waals surface area contributed by atoms with Gasteiger partial charge in [0, 0.05) is 11.3 Å². The van der Waals surface area contributed by atoms with Crippen LogP contribution in [0, 0.1) is 10.1 Å². The molecule has 0 aliphatic carbocycles. The van der Waals surface area contributed by atoms with Crippen LogP contribution in [0.4, 0.5) is 0 Å². The number of carbonyl (C=O) groups is 1. The van der Waals surface area contributed by atoms with Gasteiger partial charge in [0.25, 0.3) is 6.54 Å². The largest absolute Gasteiger partial charge is 0.292 e. The van der Waals surface area contributed by atoms with Crippen LogP contribution in [0.3, 0.4) is 0 Å². The van der Waals surface area contributed by atoms with E-state index in [-0.39, 0.29) is 5.78 Å². The van der Waals surface area contributed by atoms with Crippen LogP contribution in [-0.2, 0) is 11.2 Å². The molecule has 0 bridgehead atoms. The fraction of sp³-hybridized carbons (Fsp3) is 0.682. The van der Waals surface area contributed by atoms with Crippen molar-refractivity contribution in [3.8, 4) is 0 Å². The van der Waals surface area contributed by atoms with Crippen molar-refractivity contribution in [2.75, 3.05) is 6.54 Å². The fourth-order valence-corrected chi connectivity index (χ4v) is 3.29. The molecular formula is C22H35NO3. The molecule has 0 aromatic heterocycles. The lowest BCUT2D eigenvalue weighted by molar-refractivity contribution is -0.467. The number of hydrogen-bond acceptors (Lipinski definition) is 3. The molecule has 0 saturated heterocycles. The predicted molar refractivity (Wildman–Crippen MR) is 107 cm³/mol. The van der Waals surface area contributed by atoms with Crippen LogP contribution in [0.25, 0.3) is 0 Å². The zero-order valence-corrected chi connectivity index (χ0v) is 16.2. The third kappa shape index (κ3) is 13.6. The second-order valence-electron chi connectivity index (χ2n) is 7.26. The van der Waals surface area contributed by atoms with Gasteiger partial charge in [-0.15, -0.1) is 0 Å². The molecule has 1 rings (SSSR count). The molecule has 0 N–H and O–H groups in total. The van der Waals surface area contributed by atoms with Crippen LogP contribution in [0.5, 0.6) is 0 Å². The van der Waals surface area contributed by atoms with E-state index >= 15 is 0 Å². The minimum Gasteiger partial charge on any atom is -0.292 e. The summed E-state index contributed by atoms with van der Waals surface area (Å²) in [6.07, 6.45) is 16.4. The standard InChI is InChI=1S/C22H35NO3/c24-22(20-23(25)26)19-15-10-8-6-4-2-1-3-5-7-9-12-16-21-17-13-11-14-18-21/h11,13-14,17-18H,1-10,12,15-16,19-20H2. The molecule has 0 aliphatic heterocycles. The Hall–Kier alpha value is -1.71. The molecule has 26 heavy (non-hydrogen) atoms. The second kappa shape index (κ2) is 15.5. The van der Waals surface area contributed by atoms with Crippen molar-refractivity contribution >= 4 is 5.78 Å². The van der Waals surface area contributed by atoms with Crippen molar-refractivity contribution in [1.29, 1.82) is 0 Å². The van der Waals surface area contributed by atoms with E-state index < -0.39 is 11.5 Å². The summed E-state index contributed by atoms with van der Waals surface area (Å²) >= 11 is 0. The minimum absolute atomic E-state index is 0.237. The third-order valence-electron chi connectivity index (χ3n) is 4.82. The molecule has 1 aromatic rings. The maximum Gasteiger partial charge on any atom is 0.261 e. The summed E-state index contributed by atoms with van der Waals surface area (Å²) < 4.78 is 0. The summed E-state index contributed by atoms with van der Waals surface area (Å²) in [6, 6.07) is 10.7. The van der Waals surface area contributed by atoms with Crippen LogP contribution >= 0.6 is 0 Å². The van der Waals surface area contributed by atoms with Gasteiger partial charge < -0.3 is 0 Å². The number of carbonyl (C=O) groups excluding carboxylic acids is 1. The quantitative estimate of drug-likeness (QED) is 0.190. The molecule has 0 saturated carbocycles. The molecule has 0 atom stereocenters. The molecule has 146 valence electrons. The van der Waals surface area contributed by atoms with E-state index in [0.29, 0.717) is 6.42 Å². The predicted octanol–water partition coefficient (Wildman–Crippen LogP) is 6.15. The number of benzene rings is 1. The summed E-state index contributed by atoms with van der Waals surface area (Å²) in [6.45, 7) is -0.508. The lowest BCUT2D eigenvalue weighted by Gasteiger charge is -2.03. The molecule has 0 amide bonds. The first kappa shape index (κ1) is 22.3. The van der Waals surface area contributed by atoms with Gasteiger partial charge in [-0.2, -0.15) is 0 Å². The van der Waals surface area contributed by atoms with E-state index in [1.165, 1.54) is 69.8 Å². The maximum atomic E-state index is 11.2. The van der Waals surface area contributed by atoms with Gasteiger partial charge in [-0.25, -0.2) is 0 Å². The van der Waals surface area contributed by atoms with E-state index in [1.807, 2.05) is 0 Å². The number of hydrogen-bond donors (Lipinski definition) is 0. The third-order valence-corrected chi connectivity index (χ3v) is 4.82. The van der Waals surface area contributed by atoms with Gasteiger partial charge in [-0.3, -0.25) is 14.9 Å². The normalized spacial score (nSPS) is 10.8. The van der Waals surface area contributed by atoms with Gasteiger partial charge in [0.05, 0.1) is 0 Å². The molecule has 0 unspecified atom stereocenters. The molecule has 1 aromatic carbocycles. The monoisotopic (exact) mass is 361 g/mol. The second-order valence-corrected chi connectivity index (χ2v) is 7.26. The number of Topliss-reactive ketones (excluding diaryl/α,β-unsaturated/α-hetero) is 1. The molecule has 0 heterocycles. The number of nitrogens with zero attached hydrogens (tertiary/aromatic N) is 1. The van der Waals surface area contributed by atoms with Crippen molar-refractivity contribution < 1.29 is 9.72 Å². The summed E-state index contributed by atoms with van der Waals surface area (Å²) in [5.41, 5.74) is 1.45. The number of rotatable bonds is 17. The van der Waals surface area contributed by atoms with Crippen molar-refractivity contribution in [1.82, 2.24) is 0 Å². The molecule has 0 aliphatic rings. The summed E-state index contributed by atoms with van der Waals surface area (Å²) in [4.78, 5) is 20.8. The topological polar surface area (TPSA) is 60.2 Å². The number of aryl methyl sites for hydroxylation is 1. The molecular weight excluding hydrogens is 326 g/mol. The molecule has 4 heteroatoms. The Kier molecular flexibility index (Phi) is 13.3. The maximum absolute atomic E-state index is 11.2. The van der Waals surface area contributed by atoms with Gasteiger partial charge in [-0.1, -0.05) is 94.5 Å². The van der Waals surface area contributed by atoms with E-state index in [0.717, 1.165) is 19.3 Å². The first-order valence-electron chi connectivity index (χ1n) is 10.4. The summed E-state index contributed by atoms with van der Waals surface area (Å²) in [5.74, 6) is -0.237. The number of nitro groups is 1. The Morgan fingerprint density at radius 1 is 0.731 bits per heavy atom. The zero-order chi connectivity index (χ0) is 18.9. The van der Waals surface area contributed by atoms with Gasteiger partial charge in [-0.05, 0) is 24.8 Å². The van der Waals surface area contributed by atoms with Gasteiger partial charge in [0.1, 0.15) is 0 Å². The van der Waals surface area contributed by atoms with E-state index in [2.05, 4.69) is 30.3 Å². The van der Waals surface area contributed by atoms with Gasteiger partial charge in [0.2, 0.25) is 5.78 Å². The fourth-order valence-electron chi connectivity index (χ4n) is 3.29. The van der Waals surface area contributed by atoms with E-state index in [9.17, 15) is 14.9 Å². The SMILES string of the molecule is O=C(CCCCCCCCCCCCCCc1ccccc1)C[N+](=O)[O-]. The average Bonchev–Trinajstić information content (AvgIpc) is 2.62. The highest BCUT2D eigenvalue weighted by molar-refractivity contribution is 5.79. The Labute approximate surface area is 158 Å². The van der Waals surface area contributed by atoms with Crippen LogP contribution < -0.4 is 0 Å². The van der Waals surface area contributed by atoms with Crippen molar-refractivity contribution in [2.24, 2.45) is 0 Å². The minimum atomic E-state index is -0.536. The van der Waals surface area contributed by atoms with Crippen LogP contribution in [0.2, 0.25) is 0 Å². The van der Waals surface area contributed by atoms with Crippen molar-refractivity contribution in [3.05, 3.63) is 46.0 Å². The number of ketones is 1. The lowest BCUT2D eigenvalue weighted by Crippen LogP contribution is -2.12. The van der Waals surface area contributed by atoms with Gasteiger partial charge in [0.15, 0.2) is 0 Å². The Morgan fingerprint density at radius 2 is 1.19 bits per heavy atom.